The lowest BCUT2D eigenvalue weighted by molar-refractivity contribution is 0.0961. The van der Waals surface area contributed by atoms with Crippen molar-refractivity contribution >= 4 is 45.8 Å². The van der Waals surface area contributed by atoms with Crippen molar-refractivity contribution < 1.29 is 4.79 Å². The number of fused-ring (bicyclic) bond motifs is 1. The maximum absolute atomic E-state index is 12.6. The van der Waals surface area contributed by atoms with E-state index in [1.807, 2.05) is 0 Å². The number of hydrogen-bond donors (Lipinski definition) is 2. The fourth-order valence-corrected chi connectivity index (χ4v) is 2.59. The molecule has 0 radical (unpaired) electrons. The summed E-state index contributed by atoms with van der Waals surface area (Å²) in [7, 11) is 0. The van der Waals surface area contributed by atoms with Gasteiger partial charge in [-0.05, 0) is 36.4 Å². The topological polar surface area (TPSA) is 80.9 Å². The molecule has 0 aliphatic rings. The van der Waals surface area contributed by atoms with Crippen LogP contribution in [-0.2, 0) is 0 Å². The van der Waals surface area contributed by atoms with Crippen LogP contribution in [0.2, 0.25) is 10.0 Å². The molecule has 0 saturated heterocycles. The lowest BCUT2D eigenvalue weighted by Crippen LogP contribution is -2.25. The number of nitrogen functional groups attached to an aromatic ring is 1. The molecule has 0 spiro atoms. The monoisotopic (exact) mass is 321 g/mol. The van der Waals surface area contributed by atoms with Crippen molar-refractivity contribution in [3.63, 3.8) is 0 Å². The number of anilines is 1. The van der Waals surface area contributed by atoms with Gasteiger partial charge in [0, 0.05) is 10.7 Å². The number of aromatic amines is 1. The second-order valence-corrected chi connectivity index (χ2v) is 5.32. The van der Waals surface area contributed by atoms with Crippen LogP contribution in [0.15, 0.2) is 41.2 Å². The van der Waals surface area contributed by atoms with Gasteiger partial charge in [0.1, 0.15) is 0 Å². The summed E-state index contributed by atoms with van der Waals surface area (Å²) in [5.41, 5.74) is 6.71. The van der Waals surface area contributed by atoms with Gasteiger partial charge in [0.15, 0.2) is 0 Å². The Labute approximate surface area is 128 Å². The minimum Gasteiger partial charge on any atom is -0.399 e. The Balaban J connectivity index is 2.24. The summed E-state index contributed by atoms with van der Waals surface area (Å²) in [6, 6.07) is 9.29. The number of H-pyrrole nitrogens is 1. The second kappa shape index (κ2) is 4.95. The molecule has 2 aromatic carbocycles. The number of hydrogen-bond acceptors (Lipinski definition) is 3. The first-order chi connectivity index (χ1) is 9.97. The summed E-state index contributed by atoms with van der Waals surface area (Å²) < 4.78 is 1.00. The van der Waals surface area contributed by atoms with Gasteiger partial charge in [0.25, 0.3) is 5.91 Å². The van der Waals surface area contributed by atoms with Crippen molar-refractivity contribution in [3.05, 3.63) is 62.5 Å². The standard InChI is InChI=1S/C14H9Cl2N3O2/c15-7-1-3-9(10(16)5-7)13(20)19-12-6-8(17)2-4-11(12)18-14(19)21/h1-6H,17H2,(H,18,21). The Hall–Kier alpha value is -2.24. The molecular formula is C14H9Cl2N3O2. The normalized spacial score (nSPS) is 11.0. The number of carbonyl (C=O) groups excluding carboxylic acids is 1. The molecule has 0 bridgehead atoms. The molecule has 5 nitrogen and oxygen atoms in total. The van der Waals surface area contributed by atoms with Crippen molar-refractivity contribution in [2.45, 2.75) is 0 Å². The van der Waals surface area contributed by atoms with Crippen LogP contribution in [0.1, 0.15) is 10.4 Å². The van der Waals surface area contributed by atoms with Crippen LogP contribution in [0.4, 0.5) is 5.69 Å². The van der Waals surface area contributed by atoms with Gasteiger partial charge in [-0.3, -0.25) is 4.79 Å². The molecule has 0 amide bonds. The Bertz CT molecular complexity index is 928. The molecule has 3 rings (SSSR count). The Morgan fingerprint density at radius 1 is 1.14 bits per heavy atom. The molecule has 0 aliphatic carbocycles. The second-order valence-electron chi connectivity index (χ2n) is 4.47. The number of imidazole rings is 1. The highest BCUT2D eigenvalue weighted by Crippen LogP contribution is 2.23. The molecule has 0 fully saturated rings. The molecule has 1 heterocycles. The molecule has 7 heteroatoms. The van der Waals surface area contributed by atoms with E-state index in [1.54, 1.807) is 18.2 Å². The molecule has 3 N–H and O–H groups in total. The number of nitrogens with zero attached hydrogens (tertiary/aromatic N) is 1. The molecular weight excluding hydrogens is 313 g/mol. The van der Waals surface area contributed by atoms with E-state index in [9.17, 15) is 9.59 Å². The van der Waals surface area contributed by atoms with E-state index < -0.39 is 11.6 Å². The van der Waals surface area contributed by atoms with Crippen molar-refractivity contribution in [3.8, 4) is 0 Å². The lowest BCUT2D eigenvalue weighted by Gasteiger charge is -2.05. The Kier molecular flexibility index (Phi) is 3.23. The molecule has 0 atom stereocenters. The molecule has 0 saturated carbocycles. The fraction of sp³-hybridized carbons (Fsp3) is 0. The summed E-state index contributed by atoms with van der Waals surface area (Å²) in [6.07, 6.45) is 0. The van der Waals surface area contributed by atoms with Crippen molar-refractivity contribution in [2.75, 3.05) is 5.73 Å². The number of halogens is 2. The Morgan fingerprint density at radius 2 is 1.90 bits per heavy atom. The lowest BCUT2D eigenvalue weighted by atomic mass is 10.2. The van der Waals surface area contributed by atoms with Crippen LogP contribution in [0.5, 0.6) is 0 Å². The third kappa shape index (κ3) is 2.30. The predicted molar refractivity (Wildman–Crippen MR) is 83.2 cm³/mol. The highest BCUT2D eigenvalue weighted by molar-refractivity contribution is 6.36. The van der Waals surface area contributed by atoms with Gasteiger partial charge in [0.2, 0.25) is 0 Å². The number of nitrogens with one attached hydrogen (secondary N) is 1. The quantitative estimate of drug-likeness (QED) is 0.676. The summed E-state index contributed by atoms with van der Waals surface area (Å²) >= 11 is 11.8. The molecule has 21 heavy (non-hydrogen) atoms. The number of rotatable bonds is 1. The first-order valence-corrected chi connectivity index (χ1v) is 6.73. The minimum absolute atomic E-state index is 0.178. The highest BCUT2D eigenvalue weighted by Gasteiger charge is 2.18. The first-order valence-electron chi connectivity index (χ1n) is 5.97. The van der Waals surface area contributed by atoms with E-state index in [0.29, 0.717) is 21.7 Å². The maximum atomic E-state index is 12.6. The van der Waals surface area contributed by atoms with E-state index in [1.165, 1.54) is 18.2 Å². The third-order valence-corrected chi connectivity index (χ3v) is 3.62. The predicted octanol–water partition coefficient (Wildman–Crippen LogP) is 2.91. The minimum atomic E-state index is -0.549. The van der Waals surface area contributed by atoms with Gasteiger partial charge >= 0.3 is 5.69 Å². The van der Waals surface area contributed by atoms with E-state index in [0.717, 1.165) is 4.57 Å². The zero-order valence-corrected chi connectivity index (χ0v) is 12.1. The average molecular weight is 322 g/mol. The summed E-state index contributed by atoms with van der Waals surface area (Å²) in [6.45, 7) is 0. The SMILES string of the molecule is Nc1ccc2[nH]c(=O)n(C(=O)c3ccc(Cl)cc3Cl)c2c1. The molecule has 0 aliphatic heterocycles. The number of aromatic nitrogens is 2. The van der Waals surface area contributed by atoms with Gasteiger partial charge in [-0.1, -0.05) is 23.2 Å². The fourth-order valence-electron chi connectivity index (χ4n) is 2.10. The molecule has 1 aromatic heterocycles. The van der Waals surface area contributed by atoms with Crippen LogP contribution >= 0.6 is 23.2 Å². The smallest absolute Gasteiger partial charge is 0.333 e. The van der Waals surface area contributed by atoms with Crippen LogP contribution in [-0.4, -0.2) is 15.5 Å². The van der Waals surface area contributed by atoms with Crippen LogP contribution < -0.4 is 11.4 Å². The zero-order valence-electron chi connectivity index (χ0n) is 10.6. The number of carbonyl (C=O) groups is 1. The molecule has 106 valence electrons. The average Bonchev–Trinajstić information content (AvgIpc) is 2.73. The first kappa shape index (κ1) is 13.7. The van der Waals surface area contributed by atoms with Crippen LogP contribution in [0, 0.1) is 0 Å². The van der Waals surface area contributed by atoms with E-state index in [-0.39, 0.29) is 10.6 Å². The largest absolute Gasteiger partial charge is 0.399 e. The maximum Gasteiger partial charge on any atom is 0.333 e. The summed E-state index contributed by atoms with van der Waals surface area (Å²) in [5.74, 6) is -0.543. The summed E-state index contributed by atoms with van der Waals surface area (Å²) in [4.78, 5) is 27.2. The number of benzene rings is 2. The van der Waals surface area contributed by atoms with E-state index in [2.05, 4.69) is 4.98 Å². The molecule has 3 aromatic rings. The van der Waals surface area contributed by atoms with Gasteiger partial charge in [-0.2, -0.15) is 0 Å². The van der Waals surface area contributed by atoms with Crippen molar-refractivity contribution in [2.24, 2.45) is 0 Å². The van der Waals surface area contributed by atoms with Gasteiger partial charge in [0.05, 0.1) is 21.6 Å². The molecule has 0 unspecified atom stereocenters. The van der Waals surface area contributed by atoms with E-state index in [4.69, 9.17) is 28.9 Å². The Morgan fingerprint density at radius 3 is 2.62 bits per heavy atom. The van der Waals surface area contributed by atoms with Gasteiger partial charge < -0.3 is 10.7 Å². The highest BCUT2D eigenvalue weighted by atomic mass is 35.5. The van der Waals surface area contributed by atoms with Crippen molar-refractivity contribution in [1.29, 1.82) is 0 Å². The van der Waals surface area contributed by atoms with Crippen molar-refractivity contribution in [1.82, 2.24) is 9.55 Å². The van der Waals surface area contributed by atoms with Gasteiger partial charge in [-0.15, -0.1) is 0 Å². The summed E-state index contributed by atoms with van der Waals surface area (Å²) in [5, 5.41) is 0.588. The van der Waals surface area contributed by atoms with Crippen LogP contribution in [0.25, 0.3) is 11.0 Å². The van der Waals surface area contributed by atoms with Gasteiger partial charge in [-0.25, -0.2) is 9.36 Å². The number of nitrogens with two attached hydrogens (primary N) is 1. The van der Waals surface area contributed by atoms with E-state index >= 15 is 0 Å². The third-order valence-electron chi connectivity index (χ3n) is 3.07. The van der Waals surface area contributed by atoms with Crippen LogP contribution in [0.3, 0.4) is 0 Å². The zero-order chi connectivity index (χ0) is 15.1.